The van der Waals surface area contributed by atoms with Gasteiger partial charge in [0.1, 0.15) is 0 Å². The molecule has 0 unspecified atom stereocenters. The molecule has 0 spiro atoms. The number of halogens is 1. The van der Waals surface area contributed by atoms with E-state index in [0.717, 1.165) is 32.1 Å². The van der Waals surface area contributed by atoms with Crippen LogP contribution >= 0.6 is 27.3 Å². The first kappa shape index (κ1) is 16.7. The Bertz CT molecular complexity index is 1030. The van der Waals surface area contributed by atoms with Crippen LogP contribution in [0.15, 0.2) is 82.2 Å². The first-order valence-electron chi connectivity index (χ1n) is 7.87. The second-order valence-electron chi connectivity index (χ2n) is 5.45. The molecule has 5 nitrogen and oxygen atoms in total. The number of nitrogens with zero attached hydrogens (tertiary/aromatic N) is 4. The molecule has 0 atom stereocenters. The molecule has 1 N–H and O–H groups in total. The summed E-state index contributed by atoms with van der Waals surface area (Å²) in [6, 6.07) is 16.1. The Morgan fingerprint density at radius 2 is 2.04 bits per heavy atom. The van der Waals surface area contributed by atoms with Gasteiger partial charge in [-0.1, -0.05) is 36.4 Å². The van der Waals surface area contributed by atoms with Crippen molar-refractivity contribution in [2.75, 3.05) is 5.43 Å². The van der Waals surface area contributed by atoms with E-state index in [1.54, 1.807) is 18.7 Å². The third-order valence-electron chi connectivity index (χ3n) is 3.70. The van der Waals surface area contributed by atoms with Crippen molar-refractivity contribution in [2.45, 2.75) is 0 Å². The van der Waals surface area contributed by atoms with Gasteiger partial charge < -0.3 is 4.57 Å². The molecule has 0 bridgehead atoms. The Morgan fingerprint density at radius 1 is 1.15 bits per heavy atom. The third-order valence-corrected chi connectivity index (χ3v) is 5.08. The number of hydrogen-bond acceptors (Lipinski definition) is 5. The Kier molecular flexibility index (Phi) is 4.90. The fraction of sp³-hybridized carbons (Fsp3) is 0. The maximum absolute atomic E-state index is 4.55. The van der Waals surface area contributed by atoms with Crippen LogP contribution in [0.1, 0.15) is 5.56 Å². The van der Waals surface area contributed by atoms with Gasteiger partial charge in [-0.05, 0) is 33.6 Å². The van der Waals surface area contributed by atoms with E-state index in [4.69, 9.17) is 0 Å². The van der Waals surface area contributed by atoms with Gasteiger partial charge in [-0.3, -0.25) is 5.43 Å². The normalized spacial score (nSPS) is 11.1. The summed E-state index contributed by atoms with van der Waals surface area (Å²) in [5.41, 5.74) is 7.04. The molecule has 26 heavy (non-hydrogen) atoms. The number of hydrogen-bond donors (Lipinski definition) is 1. The SMILES string of the molecule is Brc1cc(C=NNc2nc(-c3ccccc3)cs2)ccc1-n1ccnc1. The molecular weight excluding hydrogens is 410 g/mol. The van der Waals surface area contributed by atoms with Crippen LogP contribution in [0.25, 0.3) is 16.9 Å². The fourth-order valence-electron chi connectivity index (χ4n) is 2.44. The Hall–Kier alpha value is -2.77. The molecule has 4 rings (SSSR count). The summed E-state index contributed by atoms with van der Waals surface area (Å²) in [6.45, 7) is 0. The highest BCUT2D eigenvalue weighted by atomic mass is 79.9. The lowest BCUT2D eigenvalue weighted by molar-refractivity contribution is 1.05. The van der Waals surface area contributed by atoms with Crippen molar-refractivity contribution in [1.82, 2.24) is 14.5 Å². The number of imidazole rings is 1. The number of benzene rings is 2. The smallest absolute Gasteiger partial charge is 0.203 e. The van der Waals surface area contributed by atoms with Crippen molar-refractivity contribution in [3.63, 3.8) is 0 Å². The summed E-state index contributed by atoms with van der Waals surface area (Å²) in [7, 11) is 0. The van der Waals surface area contributed by atoms with Gasteiger partial charge in [0.2, 0.25) is 5.13 Å². The van der Waals surface area contributed by atoms with E-state index >= 15 is 0 Å². The van der Waals surface area contributed by atoms with E-state index in [-0.39, 0.29) is 0 Å². The summed E-state index contributed by atoms with van der Waals surface area (Å²) in [4.78, 5) is 8.62. The molecule has 0 amide bonds. The highest BCUT2D eigenvalue weighted by Crippen LogP contribution is 2.25. The molecule has 2 heterocycles. The summed E-state index contributed by atoms with van der Waals surface area (Å²) in [5.74, 6) is 0. The molecular formula is C19H14BrN5S. The average Bonchev–Trinajstić information content (AvgIpc) is 3.35. The topological polar surface area (TPSA) is 55.1 Å². The maximum atomic E-state index is 4.55. The van der Waals surface area contributed by atoms with Gasteiger partial charge >= 0.3 is 0 Å². The second-order valence-corrected chi connectivity index (χ2v) is 7.17. The molecule has 0 aliphatic carbocycles. The minimum atomic E-state index is 0.759. The molecule has 7 heteroatoms. The molecule has 2 aromatic carbocycles. The van der Waals surface area contributed by atoms with Gasteiger partial charge in [0, 0.05) is 27.8 Å². The van der Waals surface area contributed by atoms with E-state index in [0.29, 0.717) is 0 Å². The van der Waals surface area contributed by atoms with E-state index in [1.807, 2.05) is 64.7 Å². The van der Waals surface area contributed by atoms with Crippen LogP contribution in [0.4, 0.5) is 5.13 Å². The molecule has 0 fully saturated rings. The minimum absolute atomic E-state index is 0.759. The van der Waals surface area contributed by atoms with E-state index in [1.165, 1.54) is 11.3 Å². The number of nitrogens with one attached hydrogen (secondary N) is 1. The Morgan fingerprint density at radius 3 is 2.81 bits per heavy atom. The van der Waals surface area contributed by atoms with Gasteiger partial charge in [0.15, 0.2) is 0 Å². The van der Waals surface area contributed by atoms with E-state index in [2.05, 4.69) is 36.4 Å². The van der Waals surface area contributed by atoms with Crippen LogP contribution in [0.5, 0.6) is 0 Å². The number of hydrazone groups is 1. The molecule has 4 aromatic rings. The Balaban J connectivity index is 1.44. The zero-order chi connectivity index (χ0) is 17.8. The molecule has 2 aromatic heterocycles. The summed E-state index contributed by atoms with van der Waals surface area (Å²) < 4.78 is 2.92. The van der Waals surface area contributed by atoms with Gasteiger partial charge in [-0.25, -0.2) is 9.97 Å². The molecule has 0 saturated heterocycles. The first-order chi connectivity index (χ1) is 12.8. The molecule has 128 valence electrons. The quantitative estimate of drug-likeness (QED) is 0.354. The standard InChI is InChI=1S/C19H14BrN5S/c20-16-10-14(6-7-18(16)25-9-8-21-13-25)11-22-24-19-23-17(12-26-19)15-4-2-1-3-5-15/h1-13H,(H,23,24). The van der Waals surface area contributed by atoms with Crippen molar-refractivity contribution >= 4 is 38.6 Å². The van der Waals surface area contributed by atoms with Crippen molar-refractivity contribution in [2.24, 2.45) is 5.10 Å². The van der Waals surface area contributed by atoms with E-state index < -0.39 is 0 Å². The number of rotatable bonds is 5. The summed E-state index contributed by atoms with van der Waals surface area (Å²) in [5, 5.41) is 7.06. The van der Waals surface area contributed by atoms with Gasteiger partial charge in [0.05, 0.1) is 23.9 Å². The van der Waals surface area contributed by atoms with Gasteiger partial charge in [-0.2, -0.15) is 5.10 Å². The lowest BCUT2D eigenvalue weighted by atomic mass is 10.2. The predicted molar refractivity (Wildman–Crippen MR) is 110 cm³/mol. The van der Waals surface area contributed by atoms with Gasteiger partial charge in [-0.15, -0.1) is 11.3 Å². The molecule has 0 aliphatic heterocycles. The summed E-state index contributed by atoms with van der Waals surface area (Å²) >= 11 is 5.12. The zero-order valence-electron chi connectivity index (χ0n) is 13.6. The lowest BCUT2D eigenvalue weighted by Gasteiger charge is -2.05. The number of aromatic nitrogens is 3. The molecule has 0 aliphatic rings. The van der Waals surface area contributed by atoms with Crippen molar-refractivity contribution < 1.29 is 0 Å². The highest BCUT2D eigenvalue weighted by molar-refractivity contribution is 9.10. The first-order valence-corrected chi connectivity index (χ1v) is 9.55. The largest absolute Gasteiger partial charge is 0.305 e. The van der Waals surface area contributed by atoms with Crippen LogP contribution in [0.2, 0.25) is 0 Å². The highest BCUT2D eigenvalue weighted by Gasteiger charge is 2.04. The van der Waals surface area contributed by atoms with Crippen LogP contribution in [-0.2, 0) is 0 Å². The zero-order valence-corrected chi connectivity index (χ0v) is 16.0. The van der Waals surface area contributed by atoms with Crippen molar-refractivity contribution in [1.29, 1.82) is 0 Å². The fourth-order valence-corrected chi connectivity index (χ4v) is 3.71. The minimum Gasteiger partial charge on any atom is -0.305 e. The van der Waals surface area contributed by atoms with E-state index in [9.17, 15) is 0 Å². The Labute approximate surface area is 163 Å². The molecule has 0 radical (unpaired) electrons. The number of thiazole rings is 1. The lowest BCUT2D eigenvalue weighted by Crippen LogP contribution is -1.94. The predicted octanol–water partition coefficient (Wildman–Crippen LogP) is 5.20. The van der Waals surface area contributed by atoms with Crippen molar-refractivity contribution in [3.8, 4) is 16.9 Å². The summed E-state index contributed by atoms with van der Waals surface area (Å²) in [6.07, 6.45) is 7.19. The van der Waals surface area contributed by atoms with Crippen LogP contribution in [-0.4, -0.2) is 20.7 Å². The van der Waals surface area contributed by atoms with Gasteiger partial charge in [0.25, 0.3) is 0 Å². The monoisotopic (exact) mass is 423 g/mol. The van der Waals surface area contributed by atoms with Crippen LogP contribution in [0, 0.1) is 0 Å². The number of anilines is 1. The van der Waals surface area contributed by atoms with Crippen molar-refractivity contribution in [3.05, 3.63) is 82.7 Å². The molecule has 0 saturated carbocycles. The second kappa shape index (κ2) is 7.63. The maximum Gasteiger partial charge on any atom is 0.203 e. The third kappa shape index (κ3) is 3.74. The van der Waals surface area contributed by atoms with Crippen LogP contribution < -0.4 is 5.43 Å². The van der Waals surface area contributed by atoms with Crippen LogP contribution in [0.3, 0.4) is 0 Å². The average molecular weight is 424 g/mol.